The topological polar surface area (TPSA) is 140 Å². The van der Waals surface area contributed by atoms with Crippen molar-refractivity contribution >= 4 is 40.7 Å². The zero-order valence-corrected chi connectivity index (χ0v) is 38.3. The molecular formula is C49H72Cl2N2O6. The zero-order valence-electron chi connectivity index (χ0n) is 36.8. The van der Waals surface area contributed by atoms with E-state index in [0.717, 1.165) is 60.8 Å². The Morgan fingerprint density at radius 3 is 1.97 bits per heavy atom. The van der Waals surface area contributed by atoms with Crippen molar-refractivity contribution in [2.45, 2.75) is 137 Å². The molecule has 4 saturated carbocycles. The summed E-state index contributed by atoms with van der Waals surface area (Å²) in [5.41, 5.74) is 2.55. The van der Waals surface area contributed by atoms with Crippen LogP contribution in [0.1, 0.15) is 163 Å². The van der Waals surface area contributed by atoms with Gasteiger partial charge < -0.3 is 31.2 Å². The van der Waals surface area contributed by atoms with Gasteiger partial charge in [-0.1, -0.05) is 83.2 Å². The minimum Gasteiger partial charge on any atom is -0.494 e. The first kappa shape index (κ1) is 47.3. The third-order valence-electron chi connectivity index (χ3n) is 15.9. The van der Waals surface area contributed by atoms with Gasteiger partial charge in [-0.05, 0) is 177 Å². The van der Waals surface area contributed by atoms with E-state index in [1.807, 2.05) is 6.08 Å². The molecule has 0 saturated heterocycles. The number of nitrogens with one attached hydrogen (secondary N) is 1. The van der Waals surface area contributed by atoms with Crippen molar-refractivity contribution in [1.82, 2.24) is 11.5 Å². The summed E-state index contributed by atoms with van der Waals surface area (Å²) in [4.78, 5) is 24.4. The number of benzene rings is 2. The van der Waals surface area contributed by atoms with Gasteiger partial charge >= 0.3 is 11.9 Å². The number of ether oxygens (including phenoxy) is 2. The molecule has 6 rings (SSSR count). The number of rotatable bonds is 17. The Bertz CT molecular complexity index is 1760. The number of fused-ring (bicyclic) bond motifs is 5. The summed E-state index contributed by atoms with van der Waals surface area (Å²) in [7, 11) is 2.76. The maximum absolute atomic E-state index is 12.2. The Balaban J connectivity index is 0.00000661. The van der Waals surface area contributed by atoms with Crippen LogP contribution in [0.3, 0.4) is 0 Å². The average molecular weight is 856 g/mol. The third-order valence-corrected chi connectivity index (χ3v) is 16.4. The van der Waals surface area contributed by atoms with Gasteiger partial charge in [-0.15, -0.1) is 0 Å². The van der Waals surface area contributed by atoms with Crippen LogP contribution in [0, 0.1) is 52.3 Å². The number of methoxy groups -OCH3 is 2. The van der Waals surface area contributed by atoms with Crippen LogP contribution < -0.4 is 20.9 Å². The second-order valence-corrected chi connectivity index (χ2v) is 20.2. The van der Waals surface area contributed by atoms with Gasteiger partial charge in [-0.2, -0.15) is 0 Å². The molecule has 2 aromatic carbocycles. The number of allylic oxidation sites excluding steroid dienone is 1. The van der Waals surface area contributed by atoms with E-state index in [-0.39, 0.29) is 38.8 Å². The Morgan fingerprint density at radius 2 is 1.39 bits per heavy atom. The standard InChI is InChI=1S/C49H69Cl2NO6.H3N/c1-29(2)12-11-13-30(3)39-17-18-40-36-16-15-33-28-34(19-21-48(33,4)41(36)20-22-49(39,40)5)52-23-10-8-9-14-35(31-24-37(46(53)54)44(57-6)42(50)26-31)32-25-38(47(55)56)45(58-7)43(51)27-32;/h14,24-27,29-30,33-34,36,39-41,52H,8-13,15-23,28H2,1-7H3,(H,53,54)(H,55,56);1H3/t30?,33-,34-,36-,39+,40-,41-,48-,49+;/m0./s1. The van der Waals surface area contributed by atoms with Crippen molar-refractivity contribution in [2.75, 3.05) is 20.8 Å². The SMILES string of the molecule is COc1c(Cl)cc(C(=CCCCCN[C@H]2CC[C@@]3(C)[C@@H](CC[C@@H]4[C@@H]3CC[C@]3(C)[C@@H](C(C)CCCC(C)C)CC[C@@H]43)C2)c2cc(Cl)c(OC)c(C(=O)O)c2)cc1C(=O)O.N. The molecule has 4 aliphatic carbocycles. The van der Waals surface area contributed by atoms with Gasteiger partial charge in [-0.3, -0.25) is 0 Å². The molecule has 0 bridgehead atoms. The lowest BCUT2D eigenvalue weighted by Gasteiger charge is -2.61. The first-order valence-corrected chi connectivity index (χ1v) is 23.0. The van der Waals surface area contributed by atoms with E-state index in [4.69, 9.17) is 32.7 Å². The fraction of sp³-hybridized carbons (Fsp3) is 0.673. The lowest BCUT2D eigenvalue weighted by atomic mass is 9.44. The molecule has 2 aromatic rings. The van der Waals surface area contributed by atoms with Gasteiger partial charge in [0.05, 0.1) is 24.3 Å². The van der Waals surface area contributed by atoms with E-state index in [0.29, 0.717) is 40.0 Å². The second-order valence-electron chi connectivity index (χ2n) is 19.4. The van der Waals surface area contributed by atoms with Gasteiger partial charge in [0.25, 0.3) is 0 Å². The van der Waals surface area contributed by atoms with Crippen LogP contribution in [0.4, 0.5) is 0 Å². The molecule has 59 heavy (non-hydrogen) atoms. The minimum atomic E-state index is -1.18. The molecule has 0 aromatic heterocycles. The monoisotopic (exact) mass is 854 g/mol. The van der Waals surface area contributed by atoms with Crippen LogP contribution in [0.25, 0.3) is 5.57 Å². The van der Waals surface area contributed by atoms with Crippen molar-refractivity contribution < 1.29 is 29.3 Å². The molecule has 4 aliphatic rings. The fourth-order valence-corrected chi connectivity index (χ4v) is 13.5. The van der Waals surface area contributed by atoms with E-state index < -0.39 is 11.9 Å². The largest absolute Gasteiger partial charge is 0.494 e. The number of carbonyl (C=O) groups is 2. The predicted molar refractivity (Wildman–Crippen MR) is 241 cm³/mol. The van der Waals surface area contributed by atoms with Crippen LogP contribution in [0.5, 0.6) is 11.5 Å². The first-order valence-electron chi connectivity index (χ1n) is 22.3. The van der Waals surface area contributed by atoms with Crippen LogP contribution in [-0.2, 0) is 0 Å². The summed E-state index contributed by atoms with van der Waals surface area (Å²) in [5.74, 6) is 3.91. The summed E-state index contributed by atoms with van der Waals surface area (Å²) in [5, 5.41) is 24.2. The van der Waals surface area contributed by atoms with E-state index >= 15 is 0 Å². The van der Waals surface area contributed by atoms with Gasteiger partial charge in [0.15, 0.2) is 11.5 Å². The van der Waals surface area contributed by atoms with E-state index in [1.165, 1.54) is 103 Å². The smallest absolute Gasteiger partial charge is 0.339 e. The van der Waals surface area contributed by atoms with E-state index in [9.17, 15) is 19.8 Å². The lowest BCUT2D eigenvalue weighted by Crippen LogP contribution is -2.55. The van der Waals surface area contributed by atoms with Gasteiger partial charge in [-0.25, -0.2) is 9.59 Å². The maximum atomic E-state index is 12.2. The Kier molecular flexibility index (Phi) is 16.0. The van der Waals surface area contributed by atoms with Crippen molar-refractivity contribution in [3.8, 4) is 11.5 Å². The Hall–Kier alpha value is -2.78. The summed E-state index contributed by atoms with van der Waals surface area (Å²) < 4.78 is 10.6. The molecule has 10 heteroatoms. The number of carboxylic acid groups (broad SMARTS) is 2. The number of unbranched alkanes of at least 4 members (excludes halogenated alkanes) is 2. The normalized spacial score (nSPS) is 29.1. The van der Waals surface area contributed by atoms with Crippen LogP contribution in [-0.4, -0.2) is 49.0 Å². The highest BCUT2D eigenvalue weighted by atomic mass is 35.5. The van der Waals surface area contributed by atoms with Crippen molar-refractivity contribution in [3.63, 3.8) is 0 Å². The summed E-state index contributed by atoms with van der Waals surface area (Å²) in [6.45, 7) is 13.7. The number of carboxylic acids is 2. The average Bonchev–Trinajstić information content (AvgIpc) is 3.54. The maximum Gasteiger partial charge on any atom is 0.339 e. The van der Waals surface area contributed by atoms with Gasteiger partial charge in [0.2, 0.25) is 0 Å². The highest BCUT2D eigenvalue weighted by molar-refractivity contribution is 6.33. The molecule has 0 heterocycles. The lowest BCUT2D eigenvalue weighted by molar-refractivity contribution is -0.118. The molecule has 1 unspecified atom stereocenters. The number of hydrogen-bond donors (Lipinski definition) is 4. The summed E-state index contributed by atoms with van der Waals surface area (Å²) in [6, 6.07) is 6.88. The second kappa shape index (κ2) is 19.9. The molecule has 6 N–H and O–H groups in total. The molecule has 9 atom stereocenters. The molecular weight excluding hydrogens is 783 g/mol. The fourth-order valence-electron chi connectivity index (χ4n) is 12.9. The Morgan fingerprint density at radius 1 is 0.797 bits per heavy atom. The molecule has 0 spiro atoms. The minimum absolute atomic E-state index is 0. The van der Waals surface area contributed by atoms with Crippen molar-refractivity contribution in [3.05, 3.63) is 62.6 Å². The molecule has 4 fully saturated rings. The number of aromatic carboxylic acids is 2. The molecule has 328 valence electrons. The van der Waals surface area contributed by atoms with Crippen molar-refractivity contribution in [1.29, 1.82) is 0 Å². The van der Waals surface area contributed by atoms with Crippen molar-refractivity contribution in [2.24, 2.45) is 52.3 Å². The Labute approximate surface area is 364 Å². The zero-order chi connectivity index (χ0) is 41.9. The van der Waals surface area contributed by atoms with E-state index in [2.05, 4.69) is 39.9 Å². The first-order chi connectivity index (χ1) is 27.6. The van der Waals surface area contributed by atoms with E-state index in [1.54, 1.807) is 12.1 Å². The van der Waals surface area contributed by atoms with Gasteiger partial charge in [0.1, 0.15) is 11.1 Å². The summed E-state index contributed by atoms with van der Waals surface area (Å²) in [6.07, 6.45) is 21.3. The molecule has 0 aliphatic heterocycles. The van der Waals surface area contributed by atoms with Gasteiger partial charge in [0, 0.05) is 6.04 Å². The predicted octanol–water partition coefficient (Wildman–Crippen LogP) is 13.3. The summed E-state index contributed by atoms with van der Waals surface area (Å²) >= 11 is 13.1. The van der Waals surface area contributed by atoms with Crippen LogP contribution in [0.15, 0.2) is 30.3 Å². The van der Waals surface area contributed by atoms with Crippen LogP contribution >= 0.6 is 23.2 Å². The quantitative estimate of drug-likeness (QED) is 0.115. The van der Waals surface area contributed by atoms with Crippen LogP contribution in [0.2, 0.25) is 10.0 Å². The highest BCUT2D eigenvalue weighted by Crippen LogP contribution is 2.68. The highest BCUT2D eigenvalue weighted by Gasteiger charge is 2.60. The number of halogens is 2. The molecule has 0 amide bonds. The third kappa shape index (κ3) is 9.82. The molecule has 8 nitrogen and oxygen atoms in total. The number of hydrogen-bond acceptors (Lipinski definition) is 6. The molecule has 0 radical (unpaired) electrons.